The SMILES string of the molecule is Nc1cc(NC(=O)c2ccc(Cl)cc2F)c(F)cc1F. The fourth-order valence-electron chi connectivity index (χ4n) is 1.52. The van der Waals surface area contributed by atoms with Crippen LogP contribution in [0.2, 0.25) is 5.02 Å². The lowest BCUT2D eigenvalue weighted by Crippen LogP contribution is -2.15. The molecular formula is C13H8ClF3N2O. The zero-order valence-electron chi connectivity index (χ0n) is 9.88. The first-order valence-electron chi connectivity index (χ1n) is 5.39. The number of nitrogens with two attached hydrogens (primary N) is 1. The second-order valence-electron chi connectivity index (χ2n) is 3.93. The molecule has 20 heavy (non-hydrogen) atoms. The summed E-state index contributed by atoms with van der Waals surface area (Å²) in [6, 6.07) is 4.86. The molecule has 104 valence electrons. The highest BCUT2D eigenvalue weighted by Gasteiger charge is 2.15. The first kappa shape index (κ1) is 14.2. The van der Waals surface area contributed by atoms with Crippen molar-refractivity contribution in [2.24, 2.45) is 0 Å². The van der Waals surface area contributed by atoms with Crippen LogP contribution in [0.15, 0.2) is 30.3 Å². The van der Waals surface area contributed by atoms with Gasteiger partial charge in [0.1, 0.15) is 17.5 Å². The largest absolute Gasteiger partial charge is 0.396 e. The van der Waals surface area contributed by atoms with E-state index in [1.165, 1.54) is 6.07 Å². The fraction of sp³-hybridized carbons (Fsp3) is 0. The summed E-state index contributed by atoms with van der Waals surface area (Å²) in [5.74, 6) is -3.72. The average Bonchev–Trinajstić information content (AvgIpc) is 2.35. The van der Waals surface area contributed by atoms with Crippen LogP contribution in [-0.4, -0.2) is 5.91 Å². The zero-order valence-corrected chi connectivity index (χ0v) is 10.6. The molecule has 2 aromatic rings. The van der Waals surface area contributed by atoms with Crippen LogP contribution >= 0.6 is 11.6 Å². The third kappa shape index (κ3) is 2.85. The van der Waals surface area contributed by atoms with Crippen LogP contribution in [0.3, 0.4) is 0 Å². The van der Waals surface area contributed by atoms with E-state index in [4.69, 9.17) is 17.3 Å². The van der Waals surface area contributed by atoms with Gasteiger partial charge in [0.15, 0.2) is 0 Å². The number of halogens is 4. The van der Waals surface area contributed by atoms with E-state index in [2.05, 4.69) is 5.32 Å². The zero-order chi connectivity index (χ0) is 14.9. The highest BCUT2D eigenvalue weighted by atomic mass is 35.5. The summed E-state index contributed by atoms with van der Waals surface area (Å²) in [5, 5.41) is 2.23. The smallest absolute Gasteiger partial charge is 0.258 e. The van der Waals surface area contributed by atoms with Crippen molar-refractivity contribution in [2.45, 2.75) is 0 Å². The van der Waals surface area contributed by atoms with Crippen molar-refractivity contribution in [3.8, 4) is 0 Å². The molecule has 0 aromatic heterocycles. The Morgan fingerprint density at radius 1 is 1.05 bits per heavy atom. The van der Waals surface area contributed by atoms with Crippen LogP contribution in [-0.2, 0) is 0 Å². The minimum atomic E-state index is -1.01. The van der Waals surface area contributed by atoms with Gasteiger partial charge in [-0.15, -0.1) is 0 Å². The predicted octanol–water partition coefficient (Wildman–Crippen LogP) is 3.59. The maximum Gasteiger partial charge on any atom is 0.258 e. The van der Waals surface area contributed by atoms with Gasteiger partial charge in [-0.1, -0.05) is 11.6 Å². The van der Waals surface area contributed by atoms with Gasteiger partial charge in [-0.05, 0) is 24.3 Å². The molecule has 0 aliphatic heterocycles. The predicted molar refractivity (Wildman–Crippen MR) is 70.1 cm³/mol. The van der Waals surface area contributed by atoms with Gasteiger partial charge in [-0.25, -0.2) is 13.2 Å². The van der Waals surface area contributed by atoms with Gasteiger partial charge in [-0.2, -0.15) is 0 Å². The molecule has 1 amide bonds. The van der Waals surface area contributed by atoms with E-state index in [9.17, 15) is 18.0 Å². The Hall–Kier alpha value is -2.21. The van der Waals surface area contributed by atoms with Crippen molar-refractivity contribution >= 4 is 28.9 Å². The Morgan fingerprint density at radius 3 is 2.40 bits per heavy atom. The monoisotopic (exact) mass is 300 g/mol. The van der Waals surface area contributed by atoms with Crippen LogP contribution < -0.4 is 11.1 Å². The van der Waals surface area contributed by atoms with E-state index in [1.807, 2.05) is 0 Å². The molecule has 0 bridgehead atoms. The van der Waals surface area contributed by atoms with Crippen molar-refractivity contribution in [3.63, 3.8) is 0 Å². The third-order valence-electron chi connectivity index (χ3n) is 2.51. The molecule has 3 N–H and O–H groups in total. The Bertz CT molecular complexity index is 692. The molecule has 0 unspecified atom stereocenters. The summed E-state index contributed by atoms with van der Waals surface area (Å²) >= 11 is 5.56. The summed E-state index contributed by atoms with van der Waals surface area (Å²) in [5.41, 5.74) is 4.27. The molecule has 2 aromatic carbocycles. The lowest BCUT2D eigenvalue weighted by Gasteiger charge is -2.08. The number of hydrogen-bond acceptors (Lipinski definition) is 2. The van der Waals surface area contributed by atoms with Crippen molar-refractivity contribution in [1.29, 1.82) is 0 Å². The number of carbonyl (C=O) groups excluding carboxylic acids is 1. The molecule has 0 saturated heterocycles. The van der Waals surface area contributed by atoms with Gasteiger partial charge in [0, 0.05) is 11.1 Å². The van der Waals surface area contributed by atoms with Crippen LogP contribution in [0, 0.1) is 17.5 Å². The number of anilines is 2. The van der Waals surface area contributed by atoms with Crippen LogP contribution in [0.1, 0.15) is 10.4 Å². The molecule has 0 spiro atoms. The molecule has 0 fully saturated rings. The quantitative estimate of drug-likeness (QED) is 0.833. The Balaban J connectivity index is 2.30. The van der Waals surface area contributed by atoms with Crippen molar-refractivity contribution in [2.75, 3.05) is 11.1 Å². The second-order valence-corrected chi connectivity index (χ2v) is 4.37. The van der Waals surface area contributed by atoms with Gasteiger partial charge in [0.05, 0.1) is 16.9 Å². The molecule has 0 aliphatic rings. The van der Waals surface area contributed by atoms with Crippen LogP contribution in [0.25, 0.3) is 0 Å². The molecule has 2 rings (SSSR count). The van der Waals surface area contributed by atoms with Gasteiger partial charge < -0.3 is 11.1 Å². The van der Waals surface area contributed by atoms with Crippen LogP contribution in [0.4, 0.5) is 24.5 Å². The minimum absolute atomic E-state index is 0.122. The topological polar surface area (TPSA) is 55.1 Å². The first-order chi connectivity index (χ1) is 9.38. The van der Waals surface area contributed by atoms with Crippen LogP contribution in [0.5, 0.6) is 0 Å². The van der Waals surface area contributed by atoms with E-state index in [0.717, 1.165) is 18.2 Å². The maximum absolute atomic E-state index is 13.5. The number of hydrogen-bond donors (Lipinski definition) is 2. The lowest BCUT2D eigenvalue weighted by molar-refractivity contribution is 0.102. The van der Waals surface area contributed by atoms with E-state index in [-0.39, 0.29) is 22.0 Å². The number of benzene rings is 2. The highest BCUT2D eigenvalue weighted by Crippen LogP contribution is 2.22. The Kier molecular flexibility index (Phi) is 3.85. The summed E-state index contributed by atoms with van der Waals surface area (Å²) in [4.78, 5) is 11.8. The highest BCUT2D eigenvalue weighted by molar-refractivity contribution is 6.30. The molecule has 0 heterocycles. The average molecular weight is 301 g/mol. The maximum atomic E-state index is 13.5. The lowest BCUT2D eigenvalue weighted by atomic mass is 10.2. The standard InChI is InChI=1S/C13H8ClF3N2O/c14-6-1-2-7(8(15)3-6)13(20)19-12-5-11(18)9(16)4-10(12)17/h1-5H,18H2,(H,19,20). The van der Waals surface area contributed by atoms with Gasteiger partial charge in [-0.3, -0.25) is 4.79 Å². The Labute approximate surface area is 117 Å². The summed E-state index contributed by atoms with van der Waals surface area (Å²) in [6.45, 7) is 0. The van der Waals surface area contributed by atoms with Gasteiger partial charge in [0.25, 0.3) is 5.91 Å². The molecule has 0 atom stereocenters. The van der Waals surface area contributed by atoms with Crippen molar-refractivity contribution in [1.82, 2.24) is 0 Å². The fourth-order valence-corrected chi connectivity index (χ4v) is 1.68. The van der Waals surface area contributed by atoms with E-state index < -0.39 is 23.4 Å². The van der Waals surface area contributed by atoms with Gasteiger partial charge >= 0.3 is 0 Å². The number of carbonyl (C=O) groups is 1. The molecule has 7 heteroatoms. The first-order valence-corrected chi connectivity index (χ1v) is 5.77. The van der Waals surface area contributed by atoms with Gasteiger partial charge in [0.2, 0.25) is 0 Å². The molecule has 0 radical (unpaired) electrons. The van der Waals surface area contributed by atoms with Crippen molar-refractivity contribution < 1.29 is 18.0 Å². The third-order valence-corrected chi connectivity index (χ3v) is 2.75. The molecule has 3 nitrogen and oxygen atoms in total. The summed E-state index contributed by atoms with van der Waals surface area (Å²) < 4.78 is 39.9. The van der Waals surface area contributed by atoms with E-state index in [0.29, 0.717) is 6.07 Å². The number of nitrogen functional groups attached to an aromatic ring is 1. The summed E-state index contributed by atoms with van der Waals surface area (Å²) in [6.07, 6.45) is 0. The molecule has 0 aliphatic carbocycles. The normalized spacial score (nSPS) is 10.4. The molecular weight excluding hydrogens is 293 g/mol. The summed E-state index contributed by atoms with van der Waals surface area (Å²) in [7, 11) is 0. The van der Waals surface area contributed by atoms with Crippen molar-refractivity contribution in [3.05, 3.63) is 58.4 Å². The second kappa shape index (κ2) is 5.42. The molecule has 0 saturated carbocycles. The van der Waals surface area contributed by atoms with E-state index in [1.54, 1.807) is 0 Å². The van der Waals surface area contributed by atoms with E-state index >= 15 is 0 Å². The number of rotatable bonds is 2. The minimum Gasteiger partial charge on any atom is -0.396 e. The number of nitrogens with one attached hydrogen (secondary N) is 1. The number of amides is 1. The Morgan fingerprint density at radius 2 is 1.75 bits per heavy atom.